The Morgan fingerprint density at radius 1 is 1.23 bits per heavy atom. The minimum atomic E-state index is 0.0421. The summed E-state index contributed by atoms with van der Waals surface area (Å²) in [7, 11) is 0. The van der Waals surface area contributed by atoms with Gasteiger partial charge in [0.25, 0.3) is 0 Å². The average molecular weight is 377 g/mol. The maximum Gasteiger partial charge on any atom is 0.227 e. The number of hydrogen-bond donors (Lipinski definition) is 1. The Morgan fingerprint density at radius 2 is 1.96 bits per heavy atom. The number of benzene rings is 1. The quantitative estimate of drug-likeness (QED) is 0.718. The minimum absolute atomic E-state index is 0.0421. The molecule has 0 spiro atoms. The molecule has 2 heterocycles. The van der Waals surface area contributed by atoms with Crippen LogP contribution in [0.2, 0.25) is 0 Å². The number of anilines is 1. The first-order valence-corrected chi connectivity index (χ1v) is 10.2. The summed E-state index contributed by atoms with van der Waals surface area (Å²) >= 11 is 1.54. The van der Waals surface area contributed by atoms with Crippen LogP contribution in [0.3, 0.4) is 0 Å². The van der Waals surface area contributed by atoms with Crippen molar-refractivity contribution in [2.45, 2.75) is 20.3 Å². The standard InChI is InChI=1S/C19H28N4O2S/c1-3-25-14-13-23-11-9-22(10-12-23)8-7-17(24)20-19-21-18-15(2)5-4-6-16(18)26-19/h4-6H,3,7-14H2,1-2H3,(H,20,21,24). The first-order chi connectivity index (χ1) is 12.7. The zero-order chi connectivity index (χ0) is 18.4. The van der Waals surface area contributed by atoms with E-state index in [1.807, 2.05) is 32.0 Å². The van der Waals surface area contributed by atoms with Gasteiger partial charge in [-0.3, -0.25) is 9.69 Å². The lowest BCUT2D eigenvalue weighted by Crippen LogP contribution is -2.47. The molecule has 1 amide bonds. The fraction of sp³-hybridized carbons (Fsp3) is 0.579. The highest BCUT2D eigenvalue weighted by atomic mass is 32.1. The molecule has 26 heavy (non-hydrogen) atoms. The molecule has 6 nitrogen and oxygen atoms in total. The molecule has 3 rings (SSSR count). The van der Waals surface area contributed by atoms with Gasteiger partial charge in [0.2, 0.25) is 5.91 Å². The number of piperazine rings is 1. The molecule has 0 aliphatic carbocycles. The summed E-state index contributed by atoms with van der Waals surface area (Å²) < 4.78 is 6.53. The molecular formula is C19H28N4O2S. The highest BCUT2D eigenvalue weighted by Crippen LogP contribution is 2.27. The van der Waals surface area contributed by atoms with E-state index in [4.69, 9.17) is 4.74 Å². The Morgan fingerprint density at radius 3 is 2.65 bits per heavy atom. The first kappa shape index (κ1) is 19.2. The van der Waals surface area contributed by atoms with Crippen LogP contribution in [-0.2, 0) is 9.53 Å². The molecule has 1 fully saturated rings. The molecular weight excluding hydrogens is 348 g/mol. The number of thiazole rings is 1. The lowest BCUT2D eigenvalue weighted by atomic mass is 10.2. The van der Waals surface area contributed by atoms with Crippen molar-refractivity contribution in [1.82, 2.24) is 14.8 Å². The lowest BCUT2D eigenvalue weighted by Gasteiger charge is -2.34. The number of nitrogens with one attached hydrogen (secondary N) is 1. The predicted octanol–water partition coefficient (Wildman–Crippen LogP) is 2.59. The highest BCUT2D eigenvalue weighted by Gasteiger charge is 2.17. The van der Waals surface area contributed by atoms with Crippen LogP contribution in [0.5, 0.6) is 0 Å². The number of aryl methyl sites for hydroxylation is 1. The molecule has 142 valence electrons. The molecule has 1 aromatic carbocycles. The minimum Gasteiger partial charge on any atom is -0.380 e. The number of nitrogens with zero attached hydrogens (tertiary/aromatic N) is 3. The van der Waals surface area contributed by atoms with Crippen LogP contribution >= 0.6 is 11.3 Å². The molecule has 2 aromatic rings. The van der Waals surface area contributed by atoms with Gasteiger partial charge in [0.05, 0.1) is 16.8 Å². The second-order valence-corrected chi connectivity index (χ2v) is 7.65. The van der Waals surface area contributed by atoms with E-state index in [2.05, 4.69) is 20.1 Å². The van der Waals surface area contributed by atoms with Gasteiger partial charge in [-0.25, -0.2) is 4.98 Å². The number of carbonyl (C=O) groups is 1. The summed E-state index contributed by atoms with van der Waals surface area (Å²) in [6, 6.07) is 6.11. The molecule has 0 radical (unpaired) electrons. The largest absolute Gasteiger partial charge is 0.380 e. The molecule has 7 heteroatoms. The molecule has 1 aromatic heterocycles. The SMILES string of the molecule is CCOCCN1CCN(CCC(=O)Nc2nc3c(C)cccc3s2)CC1. The number of hydrogen-bond acceptors (Lipinski definition) is 6. The van der Waals surface area contributed by atoms with Crippen molar-refractivity contribution >= 4 is 32.6 Å². The van der Waals surface area contributed by atoms with Crippen LogP contribution in [0.1, 0.15) is 18.9 Å². The zero-order valence-electron chi connectivity index (χ0n) is 15.7. The molecule has 0 atom stereocenters. The third-order valence-corrected chi connectivity index (χ3v) is 5.68. The van der Waals surface area contributed by atoms with E-state index >= 15 is 0 Å². The Kier molecular flexibility index (Phi) is 6.96. The molecule has 0 bridgehead atoms. The van der Waals surface area contributed by atoms with Crippen molar-refractivity contribution in [3.05, 3.63) is 23.8 Å². The van der Waals surface area contributed by atoms with Crippen molar-refractivity contribution in [1.29, 1.82) is 0 Å². The predicted molar refractivity (Wildman–Crippen MR) is 107 cm³/mol. The van der Waals surface area contributed by atoms with Crippen molar-refractivity contribution in [3.8, 4) is 0 Å². The second-order valence-electron chi connectivity index (χ2n) is 6.62. The molecule has 0 unspecified atom stereocenters. The summed E-state index contributed by atoms with van der Waals surface area (Å²) in [4.78, 5) is 21.6. The fourth-order valence-corrected chi connectivity index (χ4v) is 4.12. The topological polar surface area (TPSA) is 57.7 Å². The Labute approximate surface area is 159 Å². The van der Waals surface area contributed by atoms with E-state index in [-0.39, 0.29) is 5.91 Å². The van der Waals surface area contributed by atoms with Gasteiger partial charge in [-0.1, -0.05) is 23.5 Å². The first-order valence-electron chi connectivity index (χ1n) is 9.34. The number of aromatic nitrogens is 1. The summed E-state index contributed by atoms with van der Waals surface area (Å²) in [5.74, 6) is 0.0421. The number of carbonyl (C=O) groups excluding carboxylic acids is 1. The third-order valence-electron chi connectivity index (χ3n) is 4.74. The normalized spacial score (nSPS) is 16.2. The smallest absolute Gasteiger partial charge is 0.227 e. The van der Waals surface area contributed by atoms with E-state index in [1.54, 1.807) is 0 Å². The van der Waals surface area contributed by atoms with E-state index in [0.717, 1.165) is 68.3 Å². The number of amides is 1. The summed E-state index contributed by atoms with van der Waals surface area (Å²) in [5, 5.41) is 3.65. The molecule has 0 saturated carbocycles. The monoisotopic (exact) mass is 376 g/mol. The van der Waals surface area contributed by atoms with Gasteiger partial charge in [-0.05, 0) is 25.5 Å². The maximum atomic E-state index is 12.3. The second kappa shape index (κ2) is 9.41. The van der Waals surface area contributed by atoms with Gasteiger partial charge in [0, 0.05) is 52.3 Å². The zero-order valence-corrected chi connectivity index (χ0v) is 16.5. The number of fused-ring (bicyclic) bond motifs is 1. The van der Waals surface area contributed by atoms with Crippen molar-refractivity contribution in [2.24, 2.45) is 0 Å². The molecule has 1 aliphatic rings. The molecule has 1 N–H and O–H groups in total. The van der Waals surface area contributed by atoms with Gasteiger partial charge in [-0.2, -0.15) is 0 Å². The van der Waals surface area contributed by atoms with Gasteiger partial charge in [0.15, 0.2) is 5.13 Å². The molecule has 1 saturated heterocycles. The van der Waals surface area contributed by atoms with Crippen LogP contribution in [0.25, 0.3) is 10.2 Å². The summed E-state index contributed by atoms with van der Waals surface area (Å²) in [5.41, 5.74) is 2.12. The Balaban J connectivity index is 1.40. The van der Waals surface area contributed by atoms with Crippen molar-refractivity contribution in [2.75, 3.05) is 57.8 Å². The van der Waals surface area contributed by atoms with E-state index in [0.29, 0.717) is 11.6 Å². The van der Waals surface area contributed by atoms with Gasteiger partial charge < -0.3 is 15.0 Å². The van der Waals surface area contributed by atoms with Crippen molar-refractivity contribution in [3.63, 3.8) is 0 Å². The van der Waals surface area contributed by atoms with E-state index in [9.17, 15) is 4.79 Å². The lowest BCUT2D eigenvalue weighted by molar-refractivity contribution is -0.116. The number of para-hydroxylation sites is 1. The number of rotatable bonds is 8. The maximum absolute atomic E-state index is 12.3. The Hall–Kier alpha value is -1.54. The number of ether oxygens (including phenoxy) is 1. The van der Waals surface area contributed by atoms with Gasteiger partial charge >= 0.3 is 0 Å². The third kappa shape index (κ3) is 5.23. The van der Waals surface area contributed by atoms with Crippen LogP contribution in [0.4, 0.5) is 5.13 Å². The van der Waals surface area contributed by atoms with Crippen LogP contribution in [0.15, 0.2) is 18.2 Å². The van der Waals surface area contributed by atoms with Crippen molar-refractivity contribution < 1.29 is 9.53 Å². The van der Waals surface area contributed by atoms with Gasteiger partial charge in [-0.15, -0.1) is 0 Å². The Bertz CT molecular complexity index is 725. The molecule has 1 aliphatic heterocycles. The summed E-state index contributed by atoms with van der Waals surface area (Å²) in [6.07, 6.45) is 0.508. The van der Waals surface area contributed by atoms with Crippen LogP contribution in [-0.4, -0.2) is 73.2 Å². The van der Waals surface area contributed by atoms with E-state index < -0.39 is 0 Å². The average Bonchev–Trinajstić information content (AvgIpc) is 3.05. The highest BCUT2D eigenvalue weighted by molar-refractivity contribution is 7.22. The van der Waals surface area contributed by atoms with Crippen LogP contribution in [0, 0.1) is 6.92 Å². The summed E-state index contributed by atoms with van der Waals surface area (Å²) in [6.45, 7) is 11.6. The van der Waals surface area contributed by atoms with E-state index in [1.165, 1.54) is 11.3 Å². The van der Waals surface area contributed by atoms with Crippen LogP contribution < -0.4 is 5.32 Å². The fourth-order valence-electron chi connectivity index (χ4n) is 3.16. The van der Waals surface area contributed by atoms with Gasteiger partial charge in [0.1, 0.15) is 0 Å².